The summed E-state index contributed by atoms with van der Waals surface area (Å²) >= 11 is 3.28. The van der Waals surface area contributed by atoms with Gasteiger partial charge in [-0.1, -0.05) is 15.9 Å². The van der Waals surface area contributed by atoms with Gasteiger partial charge in [-0.15, -0.1) is 0 Å². The minimum atomic E-state index is -1.93. The molecule has 2 aromatic rings. The zero-order chi connectivity index (χ0) is 15.9. The molecule has 0 aliphatic carbocycles. The van der Waals surface area contributed by atoms with Gasteiger partial charge in [0, 0.05) is 21.3 Å². The van der Waals surface area contributed by atoms with Crippen molar-refractivity contribution in [3.63, 3.8) is 0 Å². The molecule has 6 heteroatoms. The van der Waals surface area contributed by atoms with E-state index in [-0.39, 0.29) is 5.56 Å². The molecule has 112 valence electrons. The first-order chi connectivity index (χ1) is 10.4. The largest absolute Gasteiger partial charge is 0.375 e. The van der Waals surface area contributed by atoms with E-state index in [1.165, 1.54) is 12.1 Å². The van der Waals surface area contributed by atoms with Gasteiger partial charge in [0.2, 0.25) is 0 Å². The number of hydrogen-bond acceptors (Lipinski definition) is 3. The predicted octanol–water partition coefficient (Wildman–Crippen LogP) is 3.00. The minimum absolute atomic E-state index is 0.242. The Labute approximate surface area is 134 Å². The summed E-state index contributed by atoms with van der Waals surface area (Å²) in [5.74, 6) is -1.54. The first kappa shape index (κ1) is 14.9. The number of amides is 1. The molecule has 0 spiro atoms. The Hall–Kier alpha value is -2.05. The zero-order valence-corrected chi connectivity index (χ0v) is 12.9. The summed E-state index contributed by atoms with van der Waals surface area (Å²) in [6.45, 7) is 0. The molecule has 1 amide bonds. The van der Waals surface area contributed by atoms with E-state index in [9.17, 15) is 19.1 Å². The number of Topliss-reactive ketones (excluding diaryl/α,β-unsaturated/α-hetero) is 1. The summed E-state index contributed by atoms with van der Waals surface area (Å²) in [6, 6.07) is 9.97. The number of fused-ring (bicyclic) bond motifs is 1. The Kier molecular flexibility index (Phi) is 3.58. The van der Waals surface area contributed by atoms with E-state index in [0.717, 1.165) is 12.1 Å². The standard InChI is InChI=1S/C16H11BrFNO3/c17-10-3-6-13-12(7-10)16(22,15(21)19-13)8-14(20)9-1-4-11(18)5-2-9/h1-7,22H,8H2,(H,19,21). The fourth-order valence-corrected chi connectivity index (χ4v) is 2.82. The molecule has 0 radical (unpaired) electrons. The molecule has 0 fully saturated rings. The number of nitrogens with one attached hydrogen (secondary N) is 1. The lowest BCUT2D eigenvalue weighted by atomic mass is 9.88. The van der Waals surface area contributed by atoms with E-state index in [2.05, 4.69) is 21.2 Å². The van der Waals surface area contributed by atoms with Gasteiger partial charge in [-0.2, -0.15) is 0 Å². The number of hydrogen-bond donors (Lipinski definition) is 2. The number of aliphatic hydroxyl groups is 1. The van der Waals surface area contributed by atoms with E-state index < -0.39 is 29.5 Å². The summed E-state index contributed by atoms with van der Waals surface area (Å²) in [5, 5.41) is 13.3. The van der Waals surface area contributed by atoms with Crippen LogP contribution in [-0.4, -0.2) is 16.8 Å². The highest BCUT2D eigenvalue weighted by Crippen LogP contribution is 2.40. The van der Waals surface area contributed by atoms with Gasteiger partial charge in [0.25, 0.3) is 5.91 Å². The predicted molar refractivity (Wildman–Crippen MR) is 82.0 cm³/mol. The summed E-state index contributed by atoms with van der Waals surface area (Å²) < 4.78 is 13.6. The number of rotatable bonds is 3. The average molecular weight is 364 g/mol. The number of carbonyl (C=O) groups is 2. The lowest BCUT2D eigenvalue weighted by Gasteiger charge is -2.20. The minimum Gasteiger partial charge on any atom is -0.375 e. The van der Waals surface area contributed by atoms with Crippen molar-refractivity contribution in [2.24, 2.45) is 0 Å². The highest BCUT2D eigenvalue weighted by molar-refractivity contribution is 9.10. The van der Waals surface area contributed by atoms with Crippen LogP contribution in [0.2, 0.25) is 0 Å². The van der Waals surface area contributed by atoms with Crippen molar-refractivity contribution in [2.45, 2.75) is 12.0 Å². The highest BCUT2D eigenvalue weighted by atomic mass is 79.9. The molecule has 0 aromatic heterocycles. The first-order valence-electron chi connectivity index (χ1n) is 6.53. The van der Waals surface area contributed by atoms with Crippen molar-refractivity contribution in [1.82, 2.24) is 0 Å². The molecule has 2 N–H and O–H groups in total. The van der Waals surface area contributed by atoms with Crippen LogP contribution in [0.15, 0.2) is 46.9 Å². The van der Waals surface area contributed by atoms with Crippen LogP contribution in [0.25, 0.3) is 0 Å². The molecule has 4 nitrogen and oxygen atoms in total. The second-order valence-corrected chi connectivity index (χ2v) is 6.03. The van der Waals surface area contributed by atoms with Crippen molar-refractivity contribution in [1.29, 1.82) is 0 Å². The molecule has 1 unspecified atom stereocenters. The summed E-state index contributed by atoms with van der Waals surface area (Å²) in [5.41, 5.74) is -0.860. The van der Waals surface area contributed by atoms with Gasteiger partial charge >= 0.3 is 0 Å². The van der Waals surface area contributed by atoms with Crippen LogP contribution in [0.1, 0.15) is 22.3 Å². The third-order valence-electron chi connectivity index (χ3n) is 3.63. The van der Waals surface area contributed by atoms with Crippen LogP contribution < -0.4 is 5.32 Å². The number of anilines is 1. The van der Waals surface area contributed by atoms with E-state index in [4.69, 9.17) is 0 Å². The smallest absolute Gasteiger partial charge is 0.261 e. The van der Waals surface area contributed by atoms with Crippen molar-refractivity contribution in [2.75, 3.05) is 5.32 Å². The Bertz CT molecular complexity index is 775. The maximum Gasteiger partial charge on any atom is 0.261 e. The van der Waals surface area contributed by atoms with Crippen molar-refractivity contribution in [3.05, 3.63) is 63.9 Å². The maximum atomic E-state index is 12.9. The van der Waals surface area contributed by atoms with Gasteiger partial charge in [-0.3, -0.25) is 9.59 Å². The quantitative estimate of drug-likeness (QED) is 0.823. The number of ketones is 1. The van der Waals surface area contributed by atoms with E-state index in [0.29, 0.717) is 15.7 Å². The fraction of sp³-hybridized carbons (Fsp3) is 0.125. The fourth-order valence-electron chi connectivity index (χ4n) is 2.46. The molecule has 1 aliphatic heterocycles. The van der Waals surface area contributed by atoms with Gasteiger partial charge in [-0.25, -0.2) is 4.39 Å². The van der Waals surface area contributed by atoms with Gasteiger partial charge in [0.05, 0.1) is 6.42 Å². The lowest BCUT2D eigenvalue weighted by molar-refractivity contribution is -0.133. The zero-order valence-electron chi connectivity index (χ0n) is 11.3. The molecule has 1 aliphatic rings. The maximum absolute atomic E-state index is 12.9. The van der Waals surface area contributed by atoms with Gasteiger partial charge in [0.1, 0.15) is 5.82 Å². The summed E-state index contributed by atoms with van der Waals surface area (Å²) in [6.07, 6.45) is -0.409. The Morgan fingerprint density at radius 1 is 1.23 bits per heavy atom. The van der Waals surface area contributed by atoms with Gasteiger partial charge in [0.15, 0.2) is 11.4 Å². The van der Waals surface area contributed by atoms with Crippen LogP contribution in [0.4, 0.5) is 10.1 Å². The van der Waals surface area contributed by atoms with E-state index in [1.807, 2.05) is 0 Å². The van der Waals surface area contributed by atoms with Gasteiger partial charge in [-0.05, 0) is 42.5 Å². The third kappa shape index (κ3) is 2.44. The lowest BCUT2D eigenvalue weighted by Crippen LogP contribution is -2.36. The molecule has 0 saturated heterocycles. The van der Waals surface area contributed by atoms with Crippen LogP contribution in [0.5, 0.6) is 0 Å². The molecular formula is C16H11BrFNO3. The van der Waals surface area contributed by atoms with Gasteiger partial charge < -0.3 is 10.4 Å². The van der Waals surface area contributed by atoms with E-state index >= 15 is 0 Å². The summed E-state index contributed by atoms with van der Waals surface area (Å²) in [4.78, 5) is 24.4. The molecular weight excluding hydrogens is 353 g/mol. The number of benzene rings is 2. The number of halogens is 2. The summed E-state index contributed by atoms with van der Waals surface area (Å²) in [7, 11) is 0. The van der Waals surface area contributed by atoms with Crippen LogP contribution >= 0.6 is 15.9 Å². The SMILES string of the molecule is O=C(CC1(O)C(=O)Nc2ccc(Br)cc21)c1ccc(F)cc1. The molecule has 2 aromatic carbocycles. The topological polar surface area (TPSA) is 66.4 Å². The molecule has 3 rings (SSSR count). The van der Waals surface area contributed by atoms with Crippen LogP contribution in [-0.2, 0) is 10.4 Å². The van der Waals surface area contributed by atoms with Crippen LogP contribution in [0, 0.1) is 5.82 Å². The van der Waals surface area contributed by atoms with Crippen LogP contribution in [0.3, 0.4) is 0 Å². The van der Waals surface area contributed by atoms with Crippen molar-refractivity contribution >= 4 is 33.3 Å². The molecule has 1 atom stereocenters. The third-order valence-corrected chi connectivity index (χ3v) is 4.13. The van der Waals surface area contributed by atoms with Crippen molar-refractivity contribution in [3.8, 4) is 0 Å². The highest BCUT2D eigenvalue weighted by Gasteiger charge is 2.46. The average Bonchev–Trinajstić information content (AvgIpc) is 2.71. The second-order valence-electron chi connectivity index (χ2n) is 5.11. The molecule has 0 bridgehead atoms. The molecule has 1 heterocycles. The normalized spacial score (nSPS) is 19.7. The Balaban J connectivity index is 1.94. The van der Waals surface area contributed by atoms with Crippen molar-refractivity contribution < 1.29 is 19.1 Å². The Morgan fingerprint density at radius 2 is 1.91 bits per heavy atom. The number of carbonyl (C=O) groups excluding carboxylic acids is 2. The second kappa shape index (κ2) is 5.30. The molecule has 0 saturated carbocycles. The first-order valence-corrected chi connectivity index (χ1v) is 7.32. The Morgan fingerprint density at radius 3 is 2.59 bits per heavy atom. The monoisotopic (exact) mass is 363 g/mol. The van der Waals surface area contributed by atoms with E-state index in [1.54, 1.807) is 18.2 Å². The molecule has 22 heavy (non-hydrogen) atoms.